The highest BCUT2D eigenvalue weighted by molar-refractivity contribution is 5.46. The fourth-order valence-electron chi connectivity index (χ4n) is 2.07. The molecule has 2 aromatic carbocycles. The Balaban J connectivity index is 1.86. The van der Waals surface area contributed by atoms with Gasteiger partial charge in [0.05, 0.1) is 23.0 Å². The van der Waals surface area contributed by atoms with Gasteiger partial charge in [0.25, 0.3) is 5.69 Å². The Hall–Kier alpha value is -3.22. The molecular formula is C15H12N4O3. The number of rotatable bonds is 4. The summed E-state index contributed by atoms with van der Waals surface area (Å²) in [6, 6.07) is 12.0. The van der Waals surface area contributed by atoms with E-state index in [9.17, 15) is 10.1 Å². The molecule has 0 bridgehead atoms. The first-order valence-electron chi connectivity index (χ1n) is 6.53. The summed E-state index contributed by atoms with van der Waals surface area (Å²) >= 11 is 0. The molecule has 0 aliphatic carbocycles. The molecule has 0 saturated carbocycles. The van der Waals surface area contributed by atoms with Crippen LogP contribution in [-0.2, 0) is 0 Å². The third-order valence-corrected chi connectivity index (χ3v) is 3.11. The molecule has 7 heteroatoms. The number of ether oxygens (including phenoxy) is 1. The van der Waals surface area contributed by atoms with Crippen LogP contribution < -0.4 is 4.74 Å². The molecule has 22 heavy (non-hydrogen) atoms. The predicted molar refractivity (Wildman–Crippen MR) is 79.3 cm³/mol. The Kier molecular flexibility index (Phi) is 3.53. The van der Waals surface area contributed by atoms with Crippen molar-refractivity contribution in [1.29, 1.82) is 0 Å². The molecule has 0 aliphatic heterocycles. The molecule has 110 valence electrons. The predicted octanol–water partition coefficient (Wildman–Crippen LogP) is 3.28. The standard InChI is InChI=1S/C15H12N4O3/c1-11-9-14(5-6-15(11)19(20)21)22-13-4-2-3-12(10-13)18-8-7-16-17-18/h2-10H,1H3. The van der Waals surface area contributed by atoms with Crippen LogP contribution in [0.5, 0.6) is 11.5 Å². The van der Waals surface area contributed by atoms with E-state index in [2.05, 4.69) is 10.3 Å². The quantitative estimate of drug-likeness (QED) is 0.545. The molecule has 0 N–H and O–H groups in total. The average Bonchev–Trinajstić information content (AvgIpc) is 3.01. The maximum absolute atomic E-state index is 10.8. The number of nitro groups is 1. The Morgan fingerprint density at radius 2 is 2.00 bits per heavy atom. The Morgan fingerprint density at radius 3 is 2.68 bits per heavy atom. The number of nitrogens with zero attached hydrogens (tertiary/aromatic N) is 4. The molecular weight excluding hydrogens is 284 g/mol. The summed E-state index contributed by atoms with van der Waals surface area (Å²) in [5.41, 5.74) is 1.44. The molecule has 1 aromatic heterocycles. The largest absolute Gasteiger partial charge is 0.457 e. The van der Waals surface area contributed by atoms with Crippen LogP contribution >= 0.6 is 0 Å². The summed E-state index contributed by atoms with van der Waals surface area (Å²) in [4.78, 5) is 10.4. The minimum Gasteiger partial charge on any atom is -0.457 e. The Bertz CT molecular complexity index is 815. The van der Waals surface area contributed by atoms with Gasteiger partial charge in [-0.05, 0) is 31.2 Å². The van der Waals surface area contributed by atoms with Gasteiger partial charge < -0.3 is 4.74 Å². The van der Waals surface area contributed by atoms with Crippen LogP contribution in [0.4, 0.5) is 5.69 Å². The van der Waals surface area contributed by atoms with Crippen molar-refractivity contribution in [1.82, 2.24) is 15.0 Å². The molecule has 0 unspecified atom stereocenters. The highest BCUT2D eigenvalue weighted by Crippen LogP contribution is 2.28. The van der Waals surface area contributed by atoms with Crippen molar-refractivity contribution in [2.45, 2.75) is 6.92 Å². The van der Waals surface area contributed by atoms with Crippen molar-refractivity contribution in [3.05, 3.63) is 70.5 Å². The van der Waals surface area contributed by atoms with Crippen LogP contribution in [-0.4, -0.2) is 19.9 Å². The number of hydrogen-bond acceptors (Lipinski definition) is 5. The topological polar surface area (TPSA) is 83.1 Å². The average molecular weight is 296 g/mol. The van der Waals surface area contributed by atoms with Crippen LogP contribution in [0.25, 0.3) is 5.69 Å². The smallest absolute Gasteiger partial charge is 0.272 e. The third-order valence-electron chi connectivity index (χ3n) is 3.11. The zero-order chi connectivity index (χ0) is 15.5. The fourth-order valence-corrected chi connectivity index (χ4v) is 2.07. The van der Waals surface area contributed by atoms with Gasteiger partial charge in [-0.15, -0.1) is 5.10 Å². The normalized spacial score (nSPS) is 10.4. The molecule has 0 radical (unpaired) electrons. The lowest BCUT2D eigenvalue weighted by Gasteiger charge is -2.08. The zero-order valence-electron chi connectivity index (χ0n) is 11.7. The molecule has 1 heterocycles. The minimum absolute atomic E-state index is 0.0729. The van der Waals surface area contributed by atoms with Crippen molar-refractivity contribution >= 4 is 5.69 Å². The first-order chi connectivity index (χ1) is 10.6. The second kappa shape index (κ2) is 5.65. The van der Waals surface area contributed by atoms with Crippen molar-refractivity contribution in [3.63, 3.8) is 0 Å². The van der Waals surface area contributed by atoms with Crippen molar-refractivity contribution < 1.29 is 9.66 Å². The summed E-state index contributed by atoms with van der Waals surface area (Å²) in [7, 11) is 0. The van der Waals surface area contributed by atoms with Gasteiger partial charge >= 0.3 is 0 Å². The number of aromatic nitrogens is 3. The van der Waals surface area contributed by atoms with Crippen LogP contribution in [0.15, 0.2) is 54.9 Å². The summed E-state index contributed by atoms with van der Waals surface area (Å²) in [6.07, 6.45) is 3.32. The van der Waals surface area contributed by atoms with Gasteiger partial charge in [-0.2, -0.15) is 0 Å². The van der Waals surface area contributed by atoms with Gasteiger partial charge in [-0.3, -0.25) is 10.1 Å². The molecule has 0 amide bonds. The molecule has 0 aliphatic rings. The third kappa shape index (κ3) is 2.78. The first-order valence-corrected chi connectivity index (χ1v) is 6.53. The van der Waals surface area contributed by atoms with E-state index in [4.69, 9.17) is 4.74 Å². The van der Waals surface area contributed by atoms with Crippen molar-refractivity contribution in [3.8, 4) is 17.2 Å². The fraction of sp³-hybridized carbons (Fsp3) is 0.0667. The lowest BCUT2D eigenvalue weighted by atomic mass is 10.2. The molecule has 7 nitrogen and oxygen atoms in total. The highest BCUT2D eigenvalue weighted by atomic mass is 16.6. The van der Waals surface area contributed by atoms with Crippen LogP contribution in [0.2, 0.25) is 0 Å². The molecule has 0 atom stereocenters. The molecule has 0 spiro atoms. The van der Waals surface area contributed by atoms with Gasteiger partial charge in [0, 0.05) is 17.7 Å². The van der Waals surface area contributed by atoms with E-state index in [1.54, 1.807) is 42.2 Å². The van der Waals surface area contributed by atoms with Crippen molar-refractivity contribution in [2.75, 3.05) is 0 Å². The van der Waals surface area contributed by atoms with Crippen LogP contribution in [0.3, 0.4) is 0 Å². The number of hydrogen-bond donors (Lipinski definition) is 0. The van der Waals surface area contributed by atoms with E-state index in [0.29, 0.717) is 17.1 Å². The van der Waals surface area contributed by atoms with E-state index in [1.807, 2.05) is 18.2 Å². The number of nitro benzene ring substituents is 1. The van der Waals surface area contributed by atoms with Gasteiger partial charge in [0.1, 0.15) is 11.5 Å². The second-order valence-electron chi connectivity index (χ2n) is 4.65. The van der Waals surface area contributed by atoms with E-state index in [0.717, 1.165) is 5.69 Å². The SMILES string of the molecule is Cc1cc(Oc2cccc(-n3ccnn3)c2)ccc1[N+](=O)[O-]. The van der Waals surface area contributed by atoms with E-state index >= 15 is 0 Å². The number of aryl methyl sites for hydroxylation is 1. The van der Waals surface area contributed by atoms with Crippen LogP contribution in [0, 0.1) is 17.0 Å². The van der Waals surface area contributed by atoms with E-state index < -0.39 is 4.92 Å². The Morgan fingerprint density at radius 1 is 1.18 bits per heavy atom. The summed E-state index contributed by atoms with van der Waals surface area (Å²) < 4.78 is 7.37. The molecule has 0 saturated heterocycles. The second-order valence-corrected chi connectivity index (χ2v) is 4.65. The summed E-state index contributed by atoms with van der Waals surface area (Å²) in [5, 5.41) is 18.5. The summed E-state index contributed by atoms with van der Waals surface area (Å²) in [5.74, 6) is 1.15. The van der Waals surface area contributed by atoms with Gasteiger partial charge in [-0.1, -0.05) is 11.3 Å². The maximum atomic E-state index is 10.8. The van der Waals surface area contributed by atoms with Gasteiger partial charge in [0.2, 0.25) is 0 Å². The molecule has 3 aromatic rings. The van der Waals surface area contributed by atoms with E-state index in [-0.39, 0.29) is 5.69 Å². The monoisotopic (exact) mass is 296 g/mol. The lowest BCUT2D eigenvalue weighted by Crippen LogP contribution is -1.96. The van der Waals surface area contributed by atoms with Crippen molar-refractivity contribution in [2.24, 2.45) is 0 Å². The van der Waals surface area contributed by atoms with E-state index in [1.165, 1.54) is 6.07 Å². The molecule has 3 rings (SSSR count). The minimum atomic E-state index is -0.412. The van der Waals surface area contributed by atoms with Gasteiger partial charge in [-0.25, -0.2) is 4.68 Å². The maximum Gasteiger partial charge on any atom is 0.272 e. The van der Waals surface area contributed by atoms with Crippen LogP contribution in [0.1, 0.15) is 5.56 Å². The number of benzene rings is 2. The highest BCUT2D eigenvalue weighted by Gasteiger charge is 2.11. The Labute approximate surface area is 125 Å². The van der Waals surface area contributed by atoms with Gasteiger partial charge in [0.15, 0.2) is 0 Å². The molecule has 0 fully saturated rings. The first kappa shape index (κ1) is 13.7. The zero-order valence-corrected chi connectivity index (χ0v) is 11.7. The summed E-state index contributed by atoms with van der Waals surface area (Å²) in [6.45, 7) is 1.68. The lowest BCUT2D eigenvalue weighted by molar-refractivity contribution is -0.385.